The number of nitrogens with two attached hydrogens (primary N) is 1. The smallest absolute Gasteiger partial charge is 0.252 e. The molecule has 0 spiro atoms. The van der Waals surface area contributed by atoms with Crippen molar-refractivity contribution in [2.24, 2.45) is 11.7 Å². The molecule has 1 fully saturated rings. The Hall–Kier alpha value is -2.15. The first kappa shape index (κ1) is 21.2. The second-order valence-corrected chi connectivity index (χ2v) is 6.64. The van der Waals surface area contributed by atoms with Crippen molar-refractivity contribution >= 4 is 41.8 Å². The Kier molecular flexibility index (Phi) is 7.18. The summed E-state index contributed by atoms with van der Waals surface area (Å²) in [7, 11) is 0. The van der Waals surface area contributed by atoms with Crippen molar-refractivity contribution < 1.29 is 4.79 Å². The summed E-state index contributed by atoms with van der Waals surface area (Å²) in [5.74, 6) is 0.429. The van der Waals surface area contributed by atoms with Crippen molar-refractivity contribution in [3.05, 3.63) is 59.9 Å². The molecule has 1 unspecified atom stereocenters. The third kappa shape index (κ3) is 4.97. The number of hydrogen-bond acceptors (Lipinski definition) is 4. The van der Waals surface area contributed by atoms with E-state index >= 15 is 0 Å². The molecule has 3 N–H and O–H groups in total. The third-order valence-corrected chi connectivity index (χ3v) is 4.64. The number of nitrogens with one attached hydrogen (secondary N) is 1. The molecule has 4 rings (SSSR count). The summed E-state index contributed by atoms with van der Waals surface area (Å²) in [5, 5.41) is 8.16. The first-order valence-corrected chi connectivity index (χ1v) is 8.60. The zero-order valence-corrected chi connectivity index (χ0v) is 16.4. The van der Waals surface area contributed by atoms with Gasteiger partial charge in [0.2, 0.25) is 0 Å². The monoisotopic (exact) mass is 407 g/mol. The molecule has 0 radical (unpaired) electrons. The quantitative estimate of drug-likeness (QED) is 0.657. The van der Waals surface area contributed by atoms with Crippen molar-refractivity contribution in [2.75, 3.05) is 6.54 Å². The molecule has 0 bridgehead atoms. The molecule has 3 aromatic rings. The summed E-state index contributed by atoms with van der Waals surface area (Å²) in [6.45, 7) is 1.16. The van der Waals surface area contributed by atoms with Gasteiger partial charge >= 0.3 is 0 Å². The lowest BCUT2D eigenvalue weighted by molar-refractivity contribution is 0.0950. The van der Waals surface area contributed by atoms with Gasteiger partial charge in [0.15, 0.2) is 5.65 Å². The molecule has 144 valence electrons. The van der Waals surface area contributed by atoms with Gasteiger partial charge in [-0.1, -0.05) is 30.3 Å². The summed E-state index contributed by atoms with van der Waals surface area (Å²) in [6.07, 6.45) is 5.69. The van der Waals surface area contributed by atoms with Crippen LogP contribution in [-0.4, -0.2) is 33.3 Å². The first-order chi connectivity index (χ1) is 12.2. The SMILES string of the molecule is Cl.Cl.NC(CNC(=O)c1cnc2c(cnn2Cc2ccccc2)c1)C1CC1. The number of pyridine rings is 1. The number of benzene rings is 1. The lowest BCUT2D eigenvalue weighted by Crippen LogP contribution is -2.38. The Labute approximate surface area is 170 Å². The molecule has 2 aromatic heterocycles. The van der Waals surface area contributed by atoms with E-state index in [-0.39, 0.29) is 36.8 Å². The number of aromatic nitrogens is 3. The fraction of sp³-hybridized carbons (Fsp3) is 0.316. The molecule has 1 amide bonds. The van der Waals surface area contributed by atoms with Crippen LogP contribution < -0.4 is 11.1 Å². The van der Waals surface area contributed by atoms with E-state index in [0.717, 1.165) is 16.6 Å². The van der Waals surface area contributed by atoms with Crippen molar-refractivity contribution in [3.63, 3.8) is 0 Å². The summed E-state index contributed by atoms with van der Waals surface area (Å²) in [4.78, 5) is 16.7. The second kappa shape index (κ2) is 9.17. The summed E-state index contributed by atoms with van der Waals surface area (Å²) in [5.41, 5.74) is 8.50. The molecule has 1 atom stereocenters. The standard InChI is InChI=1S/C19H21N5O.2ClH/c20-17(14-6-7-14)11-22-19(25)16-8-15-10-23-24(18(15)21-9-16)12-13-4-2-1-3-5-13;;/h1-5,8-10,14,17H,6-7,11-12,20H2,(H,22,25);2*1H. The molecule has 0 saturated heterocycles. The number of hydrogen-bond donors (Lipinski definition) is 2. The Morgan fingerprint density at radius 1 is 1.22 bits per heavy atom. The lowest BCUT2D eigenvalue weighted by atomic mass is 10.2. The number of nitrogens with zero attached hydrogens (tertiary/aromatic N) is 3. The minimum absolute atomic E-state index is 0. The Bertz CT molecular complexity index is 896. The summed E-state index contributed by atoms with van der Waals surface area (Å²) in [6, 6.07) is 12.0. The van der Waals surface area contributed by atoms with Gasteiger partial charge in [0, 0.05) is 24.2 Å². The summed E-state index contributed by atoms with van der Waals surface area (Å²) >= 11 is 0. The molecule has 0 aliphatic heterocycles. The highest BCUT2D eigenvalue weighted by molar-refractivity contribution is 5.96. The van der Waals surface area contributed by atoms with E-state index in [1.165, 1.54) is 12.8 Å². The van der Waals surface area contributed by atoms with E-state index in [1.54, 1.807) is 12.4 Å². The van der Waals surface area contributed by atoms with E-state index in [4.69, 9.17) is 5.73 Å². The number of carbonyl (C=O) groups is 1. The van der Waals surface area contributed by atoms with Gasteiger partial charge in [-0.15, -0.1) is 24.8 Å². The van der Waals surface area contributed by atoms with Crippen LogP contribution in [0.2, 0.25) is 0 Å². The van der Waals surface area contributed by atoms with E-state index in [1.807, 2.05) is 28.9 Å². The van der Waals surface area contributed by atoms with Crippen molar-refractivity contribution in [2.45, 2.75) is 25.4 Å². The third-order valence-electron chi connectivity index (χ3n) is 4.64. The van der Waals surface area contributed by atoms with E-state index < -0.39 is 0 Å². The molecule has 8 heteroatoms. The predicted octanol–water partition coefficient (Wildman–Crippen LogP) is 2.79. The highest BCUT2D eigenvalue weighted by atomic mass is 35.5. The second-order valence-electron chi connectivity index (χ2n) is 6.64. The predicted molar refractivity (Wildman–Crippen MR) is 111 cm³/mol. The number of halogens is 2. The van der Waals surface area contributed by atoms with Crippen LogP contribution in [0.4, 0.5) is 0 Å². The highest BCUT2D eigenvalue weighted by Crippen LogP contribution is 2.31. The highest BCUT2D eigenvalue weighted by Gasteiger charge is 2.28. The molecule has 1 saturated carbocycles. The van der Waals surface area contributed by atoms with E-state index in [2.05, 4.69) is 27.5 Å². The maximum atomic E-state index is 12.3. The molecular weight excluding hydrogens is 385 g/mol. The van der Waals surface area contributed by atoms with Crippen LogP contribution in [0, 0.1) is 5.92 Å². The molecule has 27 heavy (non-hydrogen) atoms. The molecule has 1 aromatic carbocycles. The van der Waals surface area contributed by atoms with Crippen molar-refractivity contribution in [3.8, 4) is 0 Å². The van der Waals surface area contributed by atoms with Gasteiger partial charge in [-0.2, -0.15) is 5.10 Å². The van der Waals surface area contributed by atoms with Crippen LogP contribution in [0.25, 0.3) is 11.0 Å². The number of fused-ring (bicyclic) bond motifs is 1. The normalized spacial score (nSPS) is 14.1. The fourth-order valence-electron chi connectivity index (χ4n) is 2.97. The molecular formula is C19H23Cl2N5O. The molecule has 6 nitrogen and oxygen atoms in total. The average Bonchev–Trinajstić information content (AvgIpc) is 3.43. The van der Waals surface area contributed by atoms with Crippen LogP contribution in [0.5, 0.6) is 0 Å². The zero-order valence-electron chi connectivity index (χ0n) is 14.7. The van der Waals surface area contributed by atoms with Gasteiger partial charge in [-0.3, -0.25) is 4.79 Å². The van der Waals surface area contributed by atoms with Gasteiger partial charge in [0.05, 0.1) is 18.3 Å². The largest absolute Gasteiger partial charge is 0.350 e. The van der Waals surface area contributed by atoms with Crippen molar-refractivity contribution in [1.82, 2.24) is 20.1 Å². The van der Waals surface area contributed by atoms with Crippen LogP contribution in [0.15, 0.2) is 48.8 Å². The fourth-order valence-corrected chi connectivity index (χ4v) is 2.97. The maximum Gasteiger partial charge on any atom is 0.252 e. The van der Waals surface area contributed by atoms with Gasteiger partial charge in [-0.05, 0) is 30.4 Å². The van der Waals surface area contributed by atoms with Crippen LogP contribution in [-0.2, 0) is 6.54 Å². The first-order valence-electron chi connectivity index (χ1n) is 8.60. The minimum atomic E-state index is -0.138. The van der Waals surface area contributed by atoms with Crippen LogP contribution in [0.3, 0.4) is 0 Å². The molecule has 2 heterocycles. The Morgan fingerprint density at radius 3 is 2.67 bits per heavy atom. The minimum Gasteiger partial charge on any atom is -0.350 e. The van der Waals surface area contributed by atoms with Crippen molar-refractivity contribution in [1.29, 1.82) is 0 Å². The van der Waals surface area contributed by atoms with Gasteiger partial charge in [0.1, 0.15) is 0 Å². The Balaban J connectivity index is 0.00000131. The number of amides is 1. The molecule has 1 aliphatic rings. The van der Waals surface area contributed by atoms with Crippen LogP contribution >= 0.6 is 24.8 Å². The zero-order chi connectivity index (χ0) is 17.2. The van der Waals surface area contributed by atoms with Gasteiger partial charge < -0.3 is 11.1 Å². The number of carbonyl (C=O) groups excluding carboxylic acids is 1. The Morgan fingerprint density at radius 2 is 1.96 bits per heavy atom. The molecule has 1 aliphatic carbocycles. The maximum absolute atomic E-state index is 12.3. The van der Waals surface area contributed by atoms with E-state index in [9.17, 15) is 4.79 Å². The van der Waals surface area contributed by atoms with E-state index in [0.29, 0.717) is 24.6 Å². The van der Waals surface area contributed by atoms with Gasteiger partial charge in [0.25, 0.3) is 5.91 Å². The number of rotatable bonds is 6. The topological polar surface area (TPSA) is 85.8 Å². The van der Waals surface area contributed by atoms with Crippen LogP contribution in [0.1, 0.15) is 28.8 Å². The average molecular weight is 408 g/mol. The lowest BCUT2D eigenvalue weighted by Gasteiger charge is -2.11. The van der Waals surface area contributed by atoms with Gasteiger partial charge in [-0.25, -0.2) is 9.67 Å². The summed E-state index contributed by atoms with van der Waals surface area (Å²) < 4.78 is 1.84.